The zero-order chi connectivity index (χ0) is 10.7. The summed E-state index contributed by atoms with van der Waals surface area (Å²) in [7, 11) is 0. The van der Waals surface area contributed by atoms with Crippen molar-refractivity contribution >= 4 is 0 Å². The highest BCUT2D eigenvalue weighted by Gasteiger charge is 2.26. The molecule has 0 radical (unpaired) electrons. The molecule has 0 aliphatic carbocycles. The van der Waals surface area contributed by atoms with Crippen molar-refractivity contribution in [3.05, 3.63) is 24.3 Å². The second-order valence-electron chi connectivity index (χ2n) is 4.14. The van der Waals surface area contributed by atoms with Gasteiger partial charge in [-0.05, 0) is 25.8 Å². The van der Waals surface area contributed by atoms with Crippen molar-refractivity contribution in [2.45, 2.75) is 19.4 Å². The average Bonchev–Trinajstić information content (AvgIpc) is 2.78. The number of hydrogen-bond donors (Lipinski definition) is 1. The molecule has 1 N–H and O–H groups in total. The minimum Gasteiger partial charge on any atom is -0.396 e. The van der Waals surface area contributed by atoms with Gasteiger partial charge in [0.25, 0.3) is 0 Å². The van der Waals surface area contributed by atoms with Crippen LogP contribution in [-0.4, -0.2) is 39.7 Å². The summed E-state index contributed by atoms with van der Waals surface area (Å²) in [6, 6.07) is 0.301. The van der Waals surface area contributed by atoms with Gasteiger partial charge in [0.2, 0.25) is 0 Å². The van der Waals surface area contributed by atoms with Gasteiger partial charge in [-0.3, -0.25) is 14.9 Å². The molecular formula is C11H17N3O. The number of aliphatic hydroxyl groups is 1. The number of aliphatic hydroxyl groups excluding tert-OH is 1. The summed E-state index contributed by atoms with van der Waals surface area (Å²) < 4.78 is 0. The lowest BCUT2D eigenvalue weighted by molar-refractivity contribution is 0.203. The van der Waals surface area contributed by atoms with Gasteiger partial charge in [-0.25, -0.2) is 0 Å². The van der Waals surface area contributed by atoms with Crippen LogP contribution in [0.5, 0.6) is 0 Å². The Bertz CT molecular complexity index is 304. The molecule has 0 amide bonds. The molecule has 1 saturated heterocycles. The predicted molar refractivity (Wildman–Crippen MR) is 57.2 cm³/mol. The van der Waals surface area contributed by atoms with Gasteiger partial charge in [-0.1, -0.05) is 0 Å². The summed E-state index contributed by atoms with van der Waals surface area (Å²) in [5.41, 5.74) is 1.01. The molecule has 2 atom stereocenters. The van der Waals surface area contributed by atoms with Crippen LogP contribution in [0.2, 0.25) is 0 Å². The van der Waals surface area contributed by atoms with Crippen molar-refractivity contribution in [1.29, 1.82) is 0 Å². The number of nitrogens with zero attached hydrogens (tertiary/aromatic N) is 3. The van der Waals surface area contributed by atoms with E-state index in [0.717, 1.165) is 25.2 Å². The largest absolute Gasteiger partial charge is 0.396 e. The minimum absolute atomic E-state index is 0.295. The second-order valence-corrected chi connectivity index (χ2v) is 4.14. The van der Waals surface area contributed by atoms with Gasteiger partial charge >= 0.3 is 0 Å². The molecule has 1 aromatic heterocycles. The highest BCUT2D eigenvalue weighted by Crippen LogP contribution is 2.25. The quantitative estimate of drug-likeness (QED) is 0.798. The van der Waals surface area contributed by atoms with Gasteiger partial charge in [-0.2, -0.15) is 0 Å². The van der Waals surface area contributed by atoms with Crippen LogP contribution in [0.4, 0.5) is 0 Å². The third kappa shape index (κ3) is 2.33. The average molecular weight is 207 g/mol. The molecule has 82 valence electrons. The molecule has 2 heterocycles. The first-order chi connectivity index (χ1) is 7.31. The number of likely N-dealkylation sites (tertiary alicyclic amines) is 1. The van der Waals surface area contributed by atoms with Gasteiger partial charge in [0.15, 0.2) is 0 Å². The van der Waals surface area contributed by atoms with Gasteiger partial charge in [0, 0.05) is 31.7 Å². The normalized spacial score (nSPS) is 24.3. The predicted octanol–water partition coefficient (Wildman–Crippen LogP) is 0.852. The maximum Gasteiger partial charge on any atom is 0.0755 e. The van der Waals surface area contributed by atoms with Crippen LogP contribution in [0.15, 0.2) is 18.6 Å². The standard InChI is InChI=1S/C11H17N3O/c1-9(11-6-12-3-4-13-11)14-5-2-10(7-14)8-15/h3-4,6,9-10,15H,2,5,7-8H2,1H3/t9-,10-/m0/s1. The summed E-state index contributed by atoms with van der Waals surface area (Å²) in [6.45, 7) is 4.45. The Hall–Kier alpha value is -1.00. The van der Waals surface area contributed by atoms with Gasteiger partial charge in [-0.15, -0.1) is 0 Å². The molecule has 15 heavy (non-hydrogen) atoms. The Morgan fingerprint density at radius 2 is 2.47 bits per heavy atom. The molecule has 4 nitrogen and oxygen atoms in total. The van der Waals surface area contributed by atoms with E-state index in [1.165, 1.54) is 0 Å². The van der Waals surface area contributed by atoms with Crippen molar-refractivity contribution in [3.8, 4) is 0 Å². The molecule has 1 aromatic rings. The van der Waals surface area contributed by atoms with Crippen LogP contribution in [-0.2, 0) is 0 Å². The molecule has 1 aliphatic heterocycles. The molecule has 4 heteroatoms. The number of aromatic nitrogens is 2. The molecule has 0 unspecified atom stereocenters. The van der Waals surface area contributed by atoms with E-state index in [0.29, 0.717) is 18.6 Å². The molecule has 0 saturated carbocycles. The maximum atomic E-state index is 9.08. The Kier molecular flexibility index (Phi) is 3.28. The van der Waals surface area contributed by atoms with Gasteiger partial charge < -0.3 is 5.11 Å². The minimum atomic E-state index is 0.295. The Morgan fingerprint density at radius 1 is 1.60 bits per heavy atom. The molecule has 0 spiro atoms. The van der Waals surface area contributed by atoms with Crippen LogP contribution < -0.4 is 0 Å². The number of hydrogen-bond acceptors (Lipinski definition) is 4. The first kappa shape index (κ1) is 10.5. The van der Waals surface area contributed by atoms with E-state index < -0.39 is 0 Å². The van der Waals surface area contributed by atoms with E-state index in [2.05, 4.69) is 21.8 Å². The lowest BCUT2D eigenvalue weighted by Gasteiger charge is -2.23. The van der Waals surface area contributed by atoms with Crippen molar-refractivity contribution in [2.24, 2.45) is 5.92 Å². The van der Waals surface area contributed by atoms with Crippen molar-refractivity contribution < 1.29 is 5.11 Å². The maximum absolute atomic E-state index is 9.08. The summed E-state index contributed by atoms with van der Waals surface area (Å²) in [4.78, 5) is 10.7. The van der Waals surface area contributed by atoms with Crippen LogP contribution in [0, 0.1) is 5.92 Å². The van der Waals surface area contributed by atoms with Crippen molar-refractivity contribution in [3.63, 3.8) is 0 Å². The third-order valence-corrected chi connectivity index (χ3v) is 3.13. The topological polar surface area (TPSA) is 49.2 Å². The van der Waals surface area contributed by atoms with E-state index in [9.17, 15) is 0 Å². The highest BCUT2D eigenvalue weighted by molar-refractivity contribution is 5.02. The molecule has 1 aliphatic rings. The smallest absolute Gasteiger partial charge is 0.0755 e. The Balaban J connectivity index is 2.00. The first-order valence-corrected chi connectivity index (χ1v) is 5.42. The monoisotopic (exact) mass is 207 g/mol. The van der Waals surface area contributed by atoms with Gasteiger partial charge in [0.1, 0.15) is 0 Å². The van der Waals surface area contributed by atoms with Crippen molar-refractivity contribution in [2.75, 3.05) is 19.7 Å². The SMILES string of the molecule is C[C@@H](c1cnccn1)N1CC[C@H](CO)C1. The van der Waals surface area contributed by atoms with Gasteiger partial charge in [0.05, 0.1) is 11.7 Å². The molecule has 0 bridgehead atoms. The molecular weight excluding hydrogens is 190 g/mol. The Morgan fingerprint density at radius 3 is 3.07 bits per heavy atom. The fourth-order valence-corrected chi connectivity index (χ4v) is 2.08. The summed E-state index contributed by atoms with van der Waals surface area (Å²) >= 11 is 0. The zero-order valence-corrected chi connectivity index (χ0v) is 9.00. The zero-order valence-electron chi connectivity index (χ0n) is 9.00. The second kappa shape index (κ2) is 4.68. The van der Waals surface area contributed by atoms with E-state index in [4.69, 9.17) is 5.11 Å². The third-order valence-electron chi connectivity index (χ3n) is 3.13. The van der Waals surface area contributed by atoms with Crippen LogP contribution in [0.1, 0.15) is 25.1 Å². The van der Waals surface area contributed by atoms with Crippen molar-refractivity contribution in [1.82, 2.24) is 14.9 Å². The van der Waals surface area contributed by atoms with E-state index in [1.807, 2.05) is 6.20 Å². The van der Waals surface area contributed by atoms with E-state index in [1.54, 1.807) is 12.4 Å². The summed E-state index contributed by atoms with van der Waals surface area (Å²) in [5.74, 6) is 0.434. The van der Waals surface area contributed by atoms with Crippen LogP contribution in [0.25, 0.3) is 0 Å². The molecule has 2 rings (SSSR count). The summed E-state index contributed by atoms with van der Waals surface area (Å²) in [6.07, 6.45) is 6.32. The lowest BCUT2D eigenvalue weighted by Crippen LogP contribution is -2.25. The van der Waals surface area contributed by atoms with E-state index >= 15 is 0 Å². The lowest BCUT2D eigenvalue weighted by atomic mass is 10.1. The molecule has 1 fully saturated rings. The Labute approximate surface area is 90.0 Å². The fraction of sp³-hybridized carbons (Fsp3) is 0.636. The highest BCUT2D eigenvalue weighted by atomic mass is 16.3. The first-order valence-electron chi connectivity index (χ1n) is 5.42. The van der Waals surface area contributed by atoms with Crippen LogP contribution >= 0.6 is 0 Å². The van der Waals surface area contributed by atoms with E-state index in [-0.39, 0.29) is 0 Å². The fourth-order valence-electron chi connectivity index (χ4n) is 2.08. The number of rotatable bonds is 3. The summed E-state index contributed by atoms with van der Waals surface area (Å²) in [5, 5.41) is 9.08. The molecule has 0 aromatic carbocycles. The van der Waals surface area contributed by atoms with Crippen LogP contribution in [0.3, 0.4) is 0 Å².